The van der Waals surface area contributed by atoms with Gasteiger partial charge in [0.25, 0.3) is 11.7 Å². The maximum absolute atomic E-state index is 13.1. The van der Waals surface area contributed by atoms with Crippen molar-refractivity contribution in [1.29, 1.82) is 0 Å². The molecule has 4 aromatic rings. The first-order valence-corrected chi connectivity index (χ1v) is 11.2. The van der Waals surface area contributed by atoms with Crippen LogP contribution in [-0.4, -0.2) is 37.7 Å². The van der Waals surface area contributed by atoms with Gasteiger partial charge in [0.1, 0.15) is 11.4 Å². The Labute approximate surface area is 208 Å². The fourth-order valence-electron chi connectivity index (χ4n) is 3.83. The van der Waals surface area contributed by atoms with Gasteiger partial charge in [0.2, 0.25) is 11.9 Å². The molecule has 0 unspecified atom stereocenters. The molecule has 0 saturated heterocycles. The van der Waals surface area contributed by atoms with Crippen LogP contribution in [0.1, 0.15) is 29.4 Å². The second-order valence-corrected chi connectivity index (χ2v) is 8.21. The number of amides is 1. The second kappa shape index (κ2) is 9.85. The van der Waals surface area contributed by atoms with E-state index in [0.29, 0.717) is 18.5 Å². The fourth-order valence-corrected chi connectivity index (χ4v) is 3.83. The molecule has 0 spiro atoms. The Hall–Kier alpha value is -4.52. The number of rotatable bonds is 7. The molecule has 1 atom stereocenters. The number of hydrogen-bond donors (Lipinski definition) is 4. The van der Waals surface area contributed by atoms with Crippen molar-refractivity contribution in [3.05, 3.63) is 71.7 Å². The van der Waals surface area contributed by atoms with Gasteiger partial charge < -0.3 is 25.6 Å². The van der Waals surface area contributed by atoms with Crippen molar-refractivity contribution in [2.75, 3.05) is 22.6 Å². The summed E-state index contributed by atoms with van der Waals surface area (Å²) in [6.45, 7) is -0.329. The summed E-state index contributed by atoms with van der Waals surface area (Å²) in [5.74, 6) is -1.71. The molecule has 0 fully saturated rings. The summed E-state index contributed by atoms with van der Waals surface area (Å²) in [4.78, 5) is 23.7. The lowest BCUT2D eigenvalue weighted by atomic mass is 10.0. The lowest BCUT2D eigenvalue weighted by Gasteiger charge is -2.20. The third kappa shape index (κ3) is 5.35. The molecule has 0 bridgehead atoms. The Morgan fingerprint density at radius 2 is 1.92 bits per heavy atom. The average Bonchev–Trinajstić information content (AvgIpc) is 3.39. The maximum atomic E-state index is 13.1. The van der Waals surface area contributed by atoms with Gasteiger partial charge >= 0.3 is 6.18 Å². The highest BCUT2D eigenvalue weighted by Crippen LogP contribution is 2.33. The molecule has 13 heteroatoms. The quantitative estimate of drug-likeness (QED) is 0.286. The number of benzene rings is 2. The van der Waals surface area contributed by atoms with E-state index in [4.69, 9.17) is 4.52 Å². The number of anilines is 4. The first-order chi connectivity index (χ1) is 17.8. The zero-order valence-electron chi connectivity index (χ0n) is 19.1. The van der Waals surface area contributed by atoms with E-state index in [9.17, 15) is 23.1 Å². The summed E-state index contributed by atoms with van der Waals surface area (Å²) in [5.41, 5.74) is 3.06. The van der Waals surface area contributed by atoms with Crippen molar-refractivity contribution in [2.45, 2.75) is 25.1 Å². The number of halogens is 3. The standard InChI is InChI=1S/C24H20F3N7O3/c25-24(26,27)22-33-21(37-34-22)16-11-28-23(29-15-7-8-17-14(10-15)6-9-19(36)30-17)32-20(16)31-18(12-35)13-4-2-1-3-5-13/h1-5,7-8,10-11,18,35H,6,9,12H2,(H,30,36)(H2,28,29,31,32)/t18-/m1/s1. The minimum atomic E-state index is -4.79. The zero-order valence-corrected chi connectivity index (χ0v) is 19.1. The Morgan fingerprint density at radius 3 is 2.65 bits per heavy atom. The molecule has 2 aromatic carbocycles. The predicted octanol–water partition coefficient (Wildman–Crippen LogP) is 4.32. The largest absolute Gasteiger partial charge is 0.455 e. The van der Waals surface area contributed by atoms with Crippen molar-refractivity contribution in [2.24, 2.45) is 0 Å². The number of nitrogens with one attached hydrogen (secondary N) is 3. The highest BCUT2D eigenvalue weighted by Gasteiger charge is 2.37. The van der Waals surface area contributed by atoms with Crippen LogP contribution in [0.25, 0.3) is 11.5 Å². The molecular formula is C24H20F3N7O3. The molecule has 0 radical (unpaired) electrons. The molecular weight excluding hydrogens is 491 g/mol. The predicted molar refractivity (Wildman–Crippen MR) is 127 cm³/mol. The summed E-state index contributed by atoms with van der Waals surface area (Å²) in [6.07, 6.45) is -2.58. The van der Waals surface area contributed by atoms with Gasteiger partial charge in [0, 0.05) is 24.0 Å². The van der Waals surface area contributed by atoms with Crippen LogP contribution in [0.4, 0.5) is 36.3 Å². The monoisotopic (exact) mass is 511 g/mol. The number of carbonyl (C=O) groups excluding carboxylic acids is 1. The normalized spacial score (nSPS) is 14.0. The molecule has 2 aromatic heterocycles. The van der Waals surface area contributed by atoms with Crippen LogP contribution in [0.15, 0.2) is 59.3 Å². The van der Waals surface area contributed by atoms with E-state index in [1.165, 1.54) is 6.20 Å². The third-order valence-electron chi connectivity index (χ3n) is 5.65. The molecule has 0 saturated carbocycles. The van der Waals surface area contributed by atoms with E-state index < -0.39 is 23.9 Å². The van der Waals surface area contributed by atoms with E-state index in [1.54, 1.807) is 36.4 Å². The molecule has 5 rings (SSSR count). The van der Waals surface area contributed by atoms with Crippen molar-refractivity contribution < 1.29 is 27.6 Å². The lowest BCUT2D eigenvalue weighted by molar-refractivity contribution is -0.146. The summed E-state index contributed by atoms with van der Waals surface area (Å²) in [5, 5.41) is 21.9. The van der Waals surface area contributed by atoms with Crippen molar-refractivity contribution in [3.63, 3.8) is 0 Å². The van der Waals surface area contributed by atoms with Crippen LogP contribution in [0.3, 0.4) is 0 Å². The van der Waals surface area contributed by atoms with Crippen molar-refractivity contribution in [3.8, 4) is 11.5 Å². The average molecular weight is 511 g/mol. The lowest BCUT2D eigenvalue weighted by Crippen LogP contribution is -2.19. The SMILES string of the molecule is O=C1CCc2cc(Nc3ncc(-c4nc(C(F)(F)F)no4)c(N[C@H](CO)c4ccccc4)n3)ccc2N1. The molecule has 3 heterocycles. The molecule has 10 nitrogen and oxygen atoms in total. The van der Waals surface area contributed by atoms with Gasteiger partial charge in [0.15, 0.2) is 0 Å². The van der Waals surface area contributed by atoms with E-state index >= 15 is 0 Å². The molecule has 190 valence electrons. The fraction of sp³-hybridized carbons (Fsp3) is 0.208. The number of nitrogens with zero attached hydrogens (tertiary/aromatic N) is 4. The minimum Gasteiger partial charge on any atom is -0.394 e. The number of aliphatic hydroxyl groups is 1. The van der Waals surface area contributed by atoms with Gasteiger partial charge in [-0.05, 0) is 35.7 Å². The molecule has 0 aliphatic carbocycles. The number of aliphatic hydroxyl groups excluding tert-OH is 1. The topological polar surface area (TPSA) is 138 Å². The zero-order chi connectivity index (χ0) is 26.0. The Balaban J connectivity index is 1.49. The van der Waals surface area contributed by atoms with Crippen LogP contribution in [0.2, 0.25) is 0 Å². The van der Waals surface area contributed by atoms with Gasteiger partial charge in [-0.3, -0.25) is 4.79 Å². The van der Waals surface area contributed by atoms with Crippen LogP contribution >= 0.6 is 0 Å². The second-order valence-electron chi connectivity index (χ2n) is 8.21. The number of hydrogen-bond acceptors (Lipinski definition) is 9. The summed E-state index contributed by atoms with van der Waals surface area (Å²) in [7, 11) is 0. The number of aryl methyl sites for hydroxylation is 1. The van der Waals surface area contributed by atoms with E-state index in [2.05, 4.69) is 36.1 Å². The highest BCUT2D eigenvalue weighted by atomic mass is 19.4. The van der Waals surface area contributed by atoms with Crippen molar-refractivity contribution in [1.82, 2.24) is 20.1 Å². The first kappa shape index (κ1) is 24.2. The summed E-state index contributed by atoms with van der Waals surface area (Å²) < 4.78 is 44.0. The smallest absolute Gasteiger partial charge is 0.394 e. The van der Waals surface area contributed by atoms with Crippen molar-refractivity contribution >= 4 is 29.0 Å². The molecule has 1 aliphatic rings. The summed E-state index contributed by atoms with van der Waals surface area (Å²) >= 11 is 0. The van der Waals surface area contributed by atoms with E-state index in [-0.39, 0.29) is 29.8 Å². The van der Waals surface area contributed by atoms with Gasteiger partial charge in [-0.2, -0.15) is 23.1 Å². The van der Waals surface area contributed by atoms with E-state index in [0.717, 1.165) is 16.8 Å². The van der Waals surface area contributed by atoms with E-state index in [1.807, 2.05) is 12.1 Å². The van der Waals surface area contributed by atoms with Crippen LogP contribution in [-0.2, 0) is 17.4 Å². The Kier molecular flexibility index (Phi) is 6.44. The van der Waals surface area contributed by atoms with Gasteiger partial charge in [-0.25, -0.2) is 4.98 Å². The summed E-state index contributed by atoms with van der Waals surface area (Å²) in [6, 6.07) is 13.7. The van der Waals surface area contributed by atoms with Crippen LogP contribution in [0.5, 0.6) is 0 Å². The van der Waals surface area contributed by atoms with Crippen LogP contribution < -0.4 is 16.0 Å². The number of fused-ring (bicyclic) bond motifs is 1. The maximum Gasteiger partial charge on any atom is 0.455 e. The molecule has 4 N–H and O–H groups in total. The number of alkyl halides is 3. The third-order valence-corrected chi connectivity index (χ3v) is 5.65. The Morgan fingerprint density at radius 1 is 1.11 bits per heavy atom. The molecule has 1 aliphatic heterocycles. The van der Waals surface area contributed by atoms with Crippen LogP contribution in [0, 0.1) is 0 Å². The first-order valence-electron chi connectivity index (χ1n) is 11.2. The van der Waals surface area contributed by atoms with Gasteiger partial charge in [-0.15, -0.1) is 0 Å². The van der Waals surface area contributed by atoms with Gasteiger partial charge in [0.05, 0.1) is 12.6 Å². The number of aromatic nitrogens is 4. The molecule has 1 amide bonds. The minimum absolute atomic E-state index is 0.0242. The highest BCUT2D eigenvalue weighted by molar-refractivity contribution is 5.94. The number of carbonyl (C=O) groups is 1. The van der Waals surface area contributed by atoms with Gasteiger partial charge in [-0.1, -0.05) is 35.5 Å². The Bertz CT molecular complexity index is 1430. The molecule has 37 heavy (non-hydrogen) atoms.